The van der Waals surface area contributed by atoms with Gasteiger partial charge < -0.3 is 16.0 Å². The Morgan fingerprint density at radius 3 is 2.67 bits per heavy atom. The van der Waals surface area contributed by atoms with Crippen molar-refractivity contribution in [3.05, 3.63) is 0 Å². The zero-order valence-electron chi connectivity index (χ0n) is 9.75. The van der Waals surface area contributed by atoms with Crippen molar-refractivity contribution in [2.45, 2.75) is 38.8 Å². The molecule has 4 nitrogen and oxygen atoms in total. The van der Waals surface area contributed by atoms with Crippen molar-refractivity contribution in [1.29, 1.82) is 0 Å². The summed E-state index contributed by atoms with van der Waals surface area (Å²) in [6.07, 6.45) is 0.707. The van der Waals surface area contributed by atoms with E-state index in [1.807, 2.05) is 11.8 Å². The molecule has 90 valence electrons. The quantitative estimate of drug-likeness (QED) is 0.727. The molecule has 0 aliphatic carbocycles. The summed E-state index contributed by atoms with van der Waals surface area (Å²) in [7, 11) is 0. The Kier molecular flexibility index (Phi) is 5.56. The summed E-state index contributed by atoms with van der Waals surface area (Å²) in [5, 5.41) is 3.28. The first-order chi connectivity index (χ1) is 6.49. The van der Waals surface area contributed by atoms with Gasteiger partial charge in [0.05, 0.1) is 6.04 Å². The Hall–Kier alpha value is -0.320. The van der Waals surface area contributed by atoms with E-state index in [1.54, 1.807) is 0 Å². The van der Waals surface area contributed by atoms with Crippen LogP contribution in [-0.2, 0) is 4.79 Å². The molecule has 1 atom stereocenters. The molecule has 0 aromatic carbocycles. The normalized spacial score (nSPS) is 21.7. The minimum Gasteiger partial charge on any atom is -0.334 e. The molecule has 1 rings (SSSR count). The molecule has 0 aromatic heterocycles. The van der Waals surface area contributed by atoms with Crippen LogP contribution in [0, 0.1) is 0 Å². The summed E-state index contributed by atoms with van der Waals surface area (Å²) in [4.78, 5) is 13.8. The van der Waals surface area contributed by atoms with Crippen LogP contribution in [0.15, 0.2) is 0 Å². The van der Waals surface area contributed by atoms with Gasteiger partial charge >= 0.3 is 0 Å². The van der Waals surface area contributed by atoms with Gasteiger partial charge in [0.15, 0.2) is 0 Å². The number of hydrogen-bond acceptors (Lipinski definition) is 3. The average molecular weight is 236 g/mol. The van der Waals surface area contributed by atoms with Crippen LogP contribution in [0.4, 0.5) is 0 Å². The van der Waals surface area contributed by atoms with Gasteiger partial charge in [-0.25, -0.2) is 0 Å². The van der Waals surface area contributed by atoms with E-state index in [1.165, 1.54) is 0 Å². The zero-order chi connectivity index (χ0) is 10.8. The van der Waals surface area contributed by atoms with E-state index in [0.29, 0.717) is 6.42 Å². The summed E-state index contributed by atoms with van der Waals surface area (Å²) in [5.74, 6) is 0.0824. The van der Waals surface area contributed by atoms with E-state index >= 15 is 0 Å². The smallest absolute Gasteiger partial charge is 0.240 e. The minimum atomic E-state index is -0.340. The number of nitrogens with two attached hydrogens (primary N) is 1. The molecule has 1 aliphatic rings. The van der Waals surface area contributed by atoms with Crippen molar-refractivity contribution in [1.82, 2.24) is 10.2 Å². The van der Waals surface area contributed by atoms with Crippen molar-refractivity contribution in [2.75, 3.05) is 19.6 Å². The van der Waals surface area contributed by atoms with E-state index in [-0.39, 0.29) is 29.9 Å². The second-order valence-electron chi connectivity index (χ2n) is 4.49. The van der Waals surface area contributed by atoms with Crippen LogP contribution in [0.25, 0.3) is 0 Å². The van der Waals surface area contributed by atoms with Crippen molar-refractivity contribution in [3.8, 4) is 0 Å². The molecular weight excluding hydrogens is 214 g/mol. The van der Waals surface area contributed by atoms with Crippen molar-refractivity contribution < 1.29 is 4.79 Å². The highest BCUT2D eigenvalue weighted by Crippen LogP contribution is 2.17. The lowest BCUT2D eigenvalue weighted by Crippen LogP contribution is -2.62. The summed E-state index contributed by atoms with van der Waals surface area (Å²) in [6, 6.07) is -0.340. The SMILES string of the molecule is CC[C@@H](N)C(=O)N1CCNCC1(C)C.Cl. The molecule has 1 amide bonds. The van der Waals surface area contributed by atoms with Crippen molar-refractivity contribution in [2.24, 2.45) is 5.73 Å². The summed E-state index contributed by atoms with van der Waals surface area (Å²) in [5.41, 5.74) is 5.65. The van der Waals surface area contributed by atoms with Crippen LogP contribution in [0.3, 0.4) is 0 Å². The second-order valence-corrected chi connectivity index (χ2v) is 4.49. The number of piperazine rings is 1. The van der Waals surface area contributed by atoms with E-state index < -0.39 is 0 Å². The molecule has 0 unspecified atom stereocenters. The largest absolute Gasteiger partial charge is 0.334 e. The van der Waals surface area contributed by atoms with Gasteiger partial charge in [-0.1, -0.05) is 6.92 Å². The molecule has 0 radical (unpaired) electrons. The lowest BCUT2D eigenvalue weighted by atomic mass is 9.98. The van der Waals surface area contributed by atoms with Crippen LogP contribution < -0.4 is 11.1 Å². The highest BCUT2D eigenvalue weighted by atomic mass is 35.5. The molecule has 3 N–H and O–H groups in total. The van der Waals surface area contributed by atoms with Gasteiger partial charge in [-0.3, -0.25) is 4.79 Å². The van der Waals surface area contributed by atoms with Crippen LogP contribution >= 0.6 is 12.4 Å². The molecule has 1 aliphatic heterocycles. The minimum absolute atomic E-state index is 0. The third-order valence-corrected chi connectivity index (χ3v) is 2.82. The predicted molar refractivity (Wildman–Crippen MR) is 64.2 cm³/mol. The van der Waals surface area contributed by atoms with Gasteiger partial charge in [-0.2, -0.15) is 0 Å². The molecule has 0 aromatic rings. The number of amides is 1. The molecule has 15 heavy (non-hydrogen) atoms. The predicted octanol–water partition coefficient (Wildman–Crippen LogP) is 0.356. The maximum atomic E-state index is 11.9. The third-order valence-electron chi connectivity index (χ3n) is 2.82. The van der Waals surface area contributed by atoms with E-state index in [0.717, 1.165) is 19.6 Å². The maximum Gasteiger partial charge on any atom is 0.240 e. The van der Waals surface area contributed by atoms with Crippen molar-refractivity contribution in [3.63, 3.8) is 0 Å². The number of nitrogens with one attached hydrogen (secondary N) is 1. The topological polar surface area (TPSA) is 58.4 Å². The first-order valence-corrected chi connectivity index (χ1v) is 5.27. The van der Waals surface area contributed by atoms with Gasteiger partial charge in [0, 0.05) is 25.2 Å². The molecule has 1 fully saturated rings. The van der Waals surface area contributed by atoms with Gasteiger partial charge in [0.25, 0.3) is 0 Å². The Morgan fingerprint density at radius 2 is 2.20 bits per heavy atom. The summed E-state index contributed by atoms with van der Waals surface area (Å²) < 4.78 is 0. The highest BCUT2D eigenvalue weighted by Gasteiger charge is 2.34. The first kappa shape index (κ1) is 14.7. The summed E-state index contributed by atoms with van der Waals surface area (Å²) in [6.45, 7) is 8.55. The van der Waals surface area contributed by atoms with Crippen LogP contribution in [-0.4, -0.2) is 42.0 Å². The molecule has 0 spiro atoms. The number of nitrogens with zero attached hydrogens (tertiary/aromatic N) is 1. The maximum absolute atomic E-state index is 11.9. The zero-order valence-corrected chi connectivity index (χ0v) is 10.6. The molecule has 1 saturated heterocycles. The molecule has 5 heteroatoms. The highest BCUT2D eigenvalue weighted by molar-refractivity contribution is 5.85. The third kappa shape index (κ3) is 3.33. The number of halogens is 1. The number of carbonyl (C=O) groups is 1. The second kappa shape index (κ2) is 5.68. The van der Waals surface area contributed by atoms with E-state index in [9.17, 15) is 4.79 Å². The monoisotopic (exact) mass is 235 g/mol. The van der Waals surface area contributed by atoms with Gasteiger partial charge in [-0.15, -0.1) is 12.4 Å². The van der Waals surface area contributed by atoms with E-state index in [4.69, 9.17) is 5.73 Å². The Labute approximate surface area is 98.0 Å². The van der Waals surface area contributed by atoms with E-state index in [2.05, 4.69) is 19.2 Å². The molecule has 0 saturated carbocycles. The fourth-order valence-electron chi connectivity index (χ4n) is 1.77. The average Bonchev–Trinajstić information content (AvgIpc) is 2.15. The molecule has 1 heterocycles. The lowest BCUT2D eigenvalue weighted by molar-refractivity contribution is -0.139. The standard InChI is InChI=1S/C10H21N3O.ClH/c1-4-8(11)9(14)13-6-5-12-7-10(13,2)3;/h8,12H,4-7,11H2,1-3H3;1H/t8-;/m1./s1. The van der Waals surface area contributed by atoms with Gasteiger partial charge in [0.1, 0.15) is 0 Å². The van der Waals surface area contributed by atoms with Crippen LogP contribution in [0.5, 0.6) is 0 Å². The number of carbonyl (C=O) groups excluding carboxylic acids is 1. The fraction of sp³-hybridized carbons (Fsp3) is 0.900. The van der Waals surface area contributed by atoms with Gasteiger partial charge in [-0.05, 0) is 20.3 Å². The number of hydrogen-bond donors (Lipinski definition) is 2. The van der Waals surface area contributed by atoms with Crippen LogP contribution in [0.1, 0.15) is 27.2 Å². The molecular formula is C10H22ClN3O. The van der Waals surface area contributed by atoms with Crippen molar-refractivity contribution >= 4 is 18.3 Å². The van der Waals surface area contributed by atoms with Gasteiger partial charge in [0.2, 0.25) is 5.91 Å². The Balaban J connectivity index is 0.00000196. The Morgan fingerprint density at radius 1 is 1.60 bits per heavy atom. The molecule has 0 bridgehead atoms. The van der Waals surface area contributed by atoms with Crippen LogP contribution in [0.2, 0.25) is 0 Å². The fourth-order valence-corrected chi connectivity index (χ4v) is 1.77. The lowest BCUT2D eigenvalue weighted by Gasteiger charge is -2.43. The first-order valence-electron chi connectivity index (χ1n) is 5.27. The number of rotatable bonds is 2. The Bertz CT molecular complexity index is 221. The summed E-state index contributed by atoms with van der Waals surface area (Å²) >= 11 is 0.